The third-order valence-electron chi connectivity index (χ3n) is 5.16. The van der Waals surface area contributed by atoms with Crippen molar-refractivity contribution in [3.05, 3.63) is 0 Å². The summed E-state index contributed by atoms with van der Waals surface area (Å²) < 4.78 is 0. The van der Waals surface area contributed by atoms with Crippen molar-refractivity contribution in [1.29, 1.82) is 0 Å². The lowest BCUT2D eigenvalue weighted by Crippen LogP contribution is -2.44. The minimum absolute atomic E-state index is 0.0898. The van der Waals surface area contributed by atoms with Gasteiger partial charge in [-0.2, -0.15) is 0 Å². The summed E-state index contributed by atoms with van der Waals surface area (Å²) in [7, 11) is 0. The van der Waals surface area contributed by atoms with Crippen LogP contribution in [0.25, 0.3) is 0 Å². The van der Waals surface area contributed by atoms with Gasteiger partial charge in [-0.15, -0.1) is 0 Å². The largest absolute Gasteiger partial charge is 0.323 e. The van der Waals surface area contributed by atoms with E-state index in [2.05, 4.69) is 24.1 Å². The lowest BCUT2D eigenvalue weighted by Gasteiger charge is -2.34. The molecular weight excluding hydrogens is 260 g/mol. The molecule has 1 saturated heterocycles. The number of carbonyl (C=O) groups excluding carboxylic acids is 1. The van der Waals surface area contributed by atoms with Crippen molar-refractivity contribution >= 4 is 5.91 Å². The van der Waals surface area contributed by atoms with Crippen LogP contribution in [-0.2, 0) is 4.79 Å². The van der Waals surface area contributed by atoms with E-state index in [1.54, 1.807) is 0 Å². The minimum atomic E-state index is 0.0898. The van der Waals surface area contributed by atoms with Crippen LogP contribution in [0.2, 0.25) is 0 Å². The van der Waals surface area contributed by atoms with E-state index in [1.165, 1.54) is 51.4 Å². The van der Waals surface area contributed by atoms with Crippen LogP contribution in [0.4, 0.5) is 0 Å². The zero-order valence-corrected chi connectivity index (χ0v) is 14.1. The Morgan fingerprint density at radius 2 is 1.67 bits per heavy atom. The molecule has 1 saturated carbocycles. The molecule has 1 aliphatic carbocycles. The molecule has 1 heterocycles. The maximum Gasteiger partial charge on any atom is 0.241 e. The zero-order valence-electron chi connectivity index (χ0n) is 14.1. The number of unbranched alkanes of at least 4 members (excludes halogenated alkanes) is 1. The third-order valence-corrected chi connectivity index (χ3v) is 5.16. The molecular formula is C18H34N2O. The first kappa shape index (κ1) is 16.8. The van der Waals surface area contributed by atoms with Crippen molar-refractivity contribution in [1.82, 2.24) is 10.2 Å². The van der Waals surface area contributed by atoms with Crippen LogP contribution in [0.3, 0.4) is 0 Å². The molecule has 3 nitrogen and oxygen atoms in total. The summed E-state index contributed by atoms with van der Waals surface area (Å²) in [4.78, 5) is 15.1. The van der Waals surface area contributed by atoms with Gasteiger partial charge in [-0.25, -0.2) is 0 Å². The summed E-state index contributed by atoms with van der Waals surface area (Å²) >= 11 is 0. The predicted octanol–water partition coefficient (Wildman–Crippen LogP) is 4.22. The highest BCUT2D eigenvalue weighted by Gasteiger charge is 2.41. The number of rotatable bonds is 6. The van der Waals surface area contributed by atoms with Crippen molar-refractivity contribution in [2.24, 2.45) is 0 Å². The summed E-state index contributed by atoms with van der Waals surface area (Å²) in [6, 6.07) is 0.584. The van der Waals surface area contributed by atoms with Crippen LogP contribution < -0.4 is 5.32 Å². The van der Waals surface area contributed by atoms with Gasteiger partial charge in [-0.1, -0.05) is 65.2 Å². The summed E-state index contributed by atoms with van der Waals surface area (Å²) in [5, 5.41) is 3.64. The van der Waals surface area contributed by atoms with Crippen molar-refractivity contribution in [3.63, 3.8) is 0 Å². The third kappa shape index (κ3) is 4.45. The molecule has 2 fully saturated rings. The van der Waals surface area contributed by atoms with E-state index in [9.17, 15) is 4.79 Å². The smallest absolute Gasteiger partial charge is 0.241 e. The van der Waals surface area contributed by atoms with Crippen LogP contribution in [0.1, 0.15) is 90.9 Å². The Labute approximate surface area is 130 Å². The average Bonchev–Trinajstić information content (AvgIpc) is 2.74. The molecule has 0 aromatic heterocycles. The van der Waals surface area contributed by atoms with E-state index in [4.69, 9.17) is 0 Å². The van der Waals surface area contributed by atoms with Gasteiger partial charge in [-0.05, 0) is 25.7 Å². The molecule has 0 bridgehead atoms. The number of nitrogens with one attached hydrogen (secondary N) is 1. The topological polar surface area (TPSA) is 32.3 Å². The van der Waals surface area contributed by atoms with Crippen LogP contribution in [0, 0.1) is 0 Å². The molecule has 2 aliphatic rings. The Hall–Kier alpha value is -0.570. The van der Waals surface area contributed by atoms with E-state index in [-0.39, 0.29) is 6.04 Å². The van der Waals surface area contributed by atoms with Crippen LogP contribution >= 0.6 is 0 Å². The standard InChI is InChI=1S/C18H34N2O/c1-3-5-14-16-18(21)20(17(19-16)11-4-2)15-12-9-7-6-8-10-13-15/h15-17,19H,3-14H2,1-2H3. The first-order valence-electron chi connectivity index (χ1n) is 9.36. The van der Waals surface area contributed by atoms with Gasteiger partial charge in [0.25, 0.3) is 0 Å². The summed E-state index contributed by atoms with van der Waals surface area (Å²) in [6.45, 7) is 4.43. The summed E-state index contributed by atoms with van der Waals surface area (Å²) in [5.41, 5.74) is 0. The molecule has 2 atom stereocenters. The lowest BCUT2D eigenvalue weighted by molar-refractivity contribution is -0.133. The van der Waals surface area contributed by atoms with E-state index < -0.39 is 0 Å². The minimum Gasteiger partial charge on any atom is -0.323 e. The van der Waals surface area contributed by atoms with Crippen LogP contribution in [0.5, 0.6) is 0 Å². The van der Waals surface area contributed by atoms with E-state index in [0.29, 0.717) is 18.1 Å². The van der Waals surface area contributed by atoms with Crippen molar-refractivity contribution < 1.29 is 4.79 Å². The van der Waals surface area contributed by atoms with Gasteiger partial charge in [0.15, 0.2) is 0 Å². The van der Waals surface area contributed by atoms with E-state index >= 15 is 0 Å². The van der Waals surface area contributed by atoms with Crippen molar-refractivity contribution in [2.75, 3.05) is 0 Å². The van der Waals surface area contributed by atoms with E-state index in [1.807, 2.05) is 0 Å². The van der Waals surface area contributed by atoms with Gasteiger partial charge in [0, 0.05) is 6.04 Å². The molecule has 0 radical (unpaired) electrons. The van der Waals surface area contributed by atoms with Crippen LogP contribution in [0.15, 0.2) is 0 Å². The second-order valence-corrected chi connectivity index (χ2v) is 6.91. The fraction of sp³-hybridized carbons (Fsp3) is 0.944. The quantitative estimate of drug-likeness (QED) is 0.795. The first-order chi connectivity index (χ1) is 10.3. The fourth-order valence-corrected chi connectivity index (χ4v) is 3.98. The number of amides is 1. The second-order valence-electron chi connectivity index (χ2n) is 6.91. The molecule has 1 N–H and O–H groups in total. The summed E-state index contributed by atoms with van der Waals surface area (Å²) in [6.07, 6.45) is 15.0. The number of hydrogen-bond donors (Lipinski definition) is 1. The molecule has 0 aromatic carbocycles. The number of nitrogens with zero attached hydrogens (tertiary/aromatic N) is 1. The van der Waals surface area contributed by atoms with Gasteiger partial charge in [0.2, 0.25) is 5.91 Å². The number of hydrogen-bond acceptors (Lipinski definition) is 2. The first-order valence-corrected chi connectivity index (χ1v) is 9.36. The normalized spacial score (nSPS) is 28.7. The Morgan fingerprint density at radius 3 is 2.29 bits per heavy atom. The highest BCUT2D eigenvalue weighted by atomic mass is 16.2. The zero-order chi connectivity index (χ0) is 15.1. The maximum absolute atomic E-state index is 12.9. The average molecular weight is 294 g/mol. The molecule has 122 valence electrons. The van der Waals surface area contributed by atoms with Gasteiger partial charge >= 0.3 is 0 Å². The lowest BCUT2D eigenvalue weighted by atomic mass is 9.95. The monoisotopic (exact) mass is 294 g/mol. The molecule has 1 amide bonds. The van der Waals surface area contributed by atoms with E-state index in [0.717, 1.165) is 25.7 Å². The van der Waals surface area contributed by atoms with Gasteiger partial charge in [0.1, 0.15) is 0 Å². The summed E-state index contributed by atoms with van der Waals surface area (Å²) in [5.74, 6) is 0.396. The molecule has 3 heteroatoms. The maximum atomic E-state index is 12.9. The molecule has 21 heavy (non-hydrogen) atoms. The Kier molecular flexibility index (Phi) is 7.01. The molecule has 1 aliphatic heterocycles. The van der Waals surface area contributed by atoms with Gasteiger partial charge in [-0.3, -0.25) is 10.1 Å². The van der Waals surface area contributed by atoms with Crippen molar-refractivity contribution in [2.45, 2.75) is 109 Å². The predicted molar refractivity (Wildman–Crippen MR) is 88.1 cm³/mol. The fourth-order valence-electron chi connectivity index (χ4n) is 3.98. The Morgan fingerprint density at radius 1 is 1.00 bits per heavy atom. The molecule has 0 spiro atoms. The molecule has 2 rings (SSSR count). The SMILES string of the molecule is CCCCC1NC(CCC)N(C2CCCCCCC2)C1=O. The highest BCUT2D eigenvalue weighted by Crippen LogP contribution is 2.28. The van der Waals surface area contributed by atoms with Gasteiger partial charge in [0.05, 0.1) is 12.2 Å². The van der Waals surface area contributed by atoms with Gasteiger partial charge < -0.3 is 4.90 Å². The molecule has 2 unspecified atom stereocenters. The van der Waals surface area contributed by atoms with Crippen LogP contribution in [-0.4, -0.2) is 29.1 Å². The second kappa shape index (κ2) is 8.77. The highest BCUT2D eigenvalue weighted by molar-refractivity contribution is 5.84. The Balaban J connectivity index is 2.03. The number of carbonyl (C=O) groups is 1. The van der Waals surface area contributed by atoms with Crippen molar-refractivity contribution in [3.8, 4) is 0 Å². The Bertz CT molecular complexity index is 310. The molecule has 0 aromatic rings.